The number of amides is 1. The topological polar surface area (TPSA) is 40.6 Å². The van der Waals surface area contributed by atoms with Crippen LogP contribution >= 0.6 is 0 Å². The minimum absolute atomic E-state index is 0.0746. The van der Waals surface area contributed by atoms with Crippen molar-refractivity contribution in [3.63, 3.8) is 0 Å². The molecule has 2 atom stereocenters. The van der Waals surface area contributed by atoms with E-state index in [1.54, 1.807) is 0 Å². The molecule has 3 aromatic rings. The highest BCUT2D eigenvalue weighted by molar-refractivity contribution is 5.87. The van der Waals surface area contributed by atoms with E-state index < -0.39 is 0 Å². The maximum absolute atomic E-state index is 13.7. The number of hydrogen-bond donors (Lipinski definition) is 0. The van der Waals surface area contributed by atoms with Crippen LogP contribution in [0.25, 0.3) is 0 Å². The van der Waals surface area contributed by atoms with Crippen molar-refractivity contribution in [3.05, 3.63) is 102 Å². The predicted octanol–water partition coefficient (Wildman–Crippen LogP) is 5.50. The van der Waals surface area contributed by atoms with Gasteiger partial charge in [0.2, 0.25) is 5.91 Å². The highest BCUT2D eigenvalue weighted by Crippen LogP contribution is 2.52. The van der Waals surface area contributed by atoms with E-state index in [-0.39, 0.29) is 23.2 Å². The van der Waals surface area contributed by atoms with E-state index >= 15 is 0 Å². The molecule has 4 nitrogen and oxygen atoms in total. The van der Waals surface area contributed by atoms with Crippen molar-refractivity contribution in [2.75, 3.05) is 31.1 Å². The second-order valence-electron chi connectivity index (χ2n) is 10.2. The van der Waals surface area contributed by atoms with Crippen LogP contribution in [0.4, 0.5) is 5.69 Å². The Labute approximate surface area is 214 Å². The lowest BCUT2D eigenvalue weighted by molar-refractivity contribution is -0.129. The molecule has 2 fully saturated rings. The second kappa shape index (κ2) is 10.3. The molecule has 0 radical (unpaired) electrons. The third-order valence-corrected chi connectivity index (χ3v) is 8.50. The van der Waals surface area contributed by atoms with Crippen molar-refractivity contribution < 1.29 is 9.59 Å². The standard InChI is InChI=1S/C32H36N2O2/c1-3-33(4-2)29-18-12-11-13-24(29)21-31(36)34-22-27-28(23-34)32(20-19-30(27)35,25-14-7-5-8-15-25)26-16-9-6-10-17-26/h5-18,27-28H,3-4,19-23H2,1-2H3. The molecule has 1 heterocycles. The Hall–Kier alpha value is -3.40. The lowest BCUT2D eigenvalue weighted by atomic mass is 9.56. The summed E-state index contributed by atoms with van der Waals surface area (Å²) >= 11 is 0. The Bertz CT molecular complexity index is 1160. The molecule has 0 aromatic heterocycles. The number of carbonyl (C=O) groups is 2. The Balaban J connectivity index is 1.48. The highest BCUT2D eigenvalue weighted by atomic mass is 16.2. The minimum atomic E-state index is -0.269. The van der Waals surface area contributed by atoms with E-state index in [2.05, 4.69) is 79.4 Å². The number of Topliss-reactive ketones (excluding diaryl/α,β-unsaturated/α-hetero) is 1. The van der Waals surface area contributed by atoms with Crippen LogP contribution in [0, 0.1) is 11.8 Å². The predicted molar refractivity (Wildman–Crippen MR) is 145 cm³/mol. The number of carbonyl (C=O) groups excluding carboxylic acids is 2. The molecule has 4 heteroatoms. The van der Waals surface area contributed by atoms with Crippen LogP contribution in [0.1, 0.15) is 43.4 Å². The van der Waals surface area contributed by atoms with E-state index in [1.807, 2.05) is 29.2 Å². The van der Waals surface area contributed by atoms with Crippen LogP contribution < -0.4 is 4.90 Å². The fraction of sp³-hybridized carbons (Fsp3) is 0.375. The summed E-state index contributed by atoms with van der Waals surface area (Å²) in [7, 11) is 0. The van der Waals surface area contributed by atoms with Gasteiger partial charge in [-0.2, -0.15) is 0 Å². The molecule has 36 heavy (non-hydrogen) atoms. The molecule has 1 amide bonds. The number of ketones is 1. The summed E-state index contributed by atoms with van der Waals surface area (Å²) in [4.78, 5) is 31.2. The van der Waals surface area contributed by atoms with Gasteiger partial charge < -0.3 is 9.80 Å². The minimum Gasteiger partial charge on any atom is -0.372 e. The smallest absolute Gasteiger partial charge is 0.227 e. The van der Waals surface area contributed by atoms with Crippen LogP contribution in [0.15, 0.2) is 84.9 Å². The molecular formula is C32H36N2O2. The molecule has 3 aromatic carbocycles. The average Bonchev–Trinajstić information content (AvgIpc) is 3.39. The molecular weight excluding hydrogens is 444 g/mol. The van der Waals surface area contributed by atoms with Crippen LogP contribution in [0.5, 0.6) is 0 Å². The summed E-state index contributed by atoms with van der Waals surface area (Å²) in [6.07, 6.45) is 1.70. The van der Waals surface area contributed by atoms with Gasteiger partial charge in [0.15, 0.2) is 0 Å². The first-order valence-corrected chi connectivity index (χ1v) is 13.3. The van der Waals surface area contributed by atoms with Crippen LogP contribution in [-0.2, 0) is 21.4 Å². The first kappa shape index (κ1) is 24.3. The number of para-hydroxylation sites is 1. The fourth-order valence-electron chi connectivity index (χ4n) is 6.69. The molecule has 0 spiro atoms. The van der Waals surface area contributed by atoms with Gasteiger partial charge in [0, 0.05) is 55.5 Å². The summed E-state index contributed by atoms with van der Waals surface area (Å²) in [5.41, 5.74) is 4.42. The van der Waals surface area contributed by atoms with Crippen molar-refractivity contribution in [2.45, 2.75) is 38.5 Å². The summed E-state index contributed by atoms with van der Waals surface area (Å²) in [6.45, 7) is 7.24. The molecule has 1 aliphatic carbocycles. The van der Waals surface area contributed by atoms with Crippen molar-refractivity contribution in [1.82, 2.24) is 4.90 Å². The number of hydrogen-bond acceptors (Lipinski definition) is 3. The molecule has 1 saturated heterocycles. The van der Waals surface area contributed by atoms with Gasteiger partial charge in [-0.1, -0.05) is 78.9 Å². The lowest BCUT2D eigenvalue weighted by Gasteiger charge is -2.45. The fourth-order valence-corrected chi connectivity index (χ4v) is 6.69. The maximum atomic E-state index is 13.7. The normalized spacial score (nSPS) is 20.7. The Morgan fingerprint density at radius 1 is 0.861 bits per heavy atom. The summed E-state index contributed by atoms with van der Waals surface area (Å²) in [5, 5.41) is 0. The van der Waals surface area contributed by atoms with Gasteiger partial charge in [0.1, 0.15) is 5.78 Å². The number of likely N-dealkylation sites (tertiary alicyclic amines) is 1. The van der Waals surface area contributed by atoms with E-state index in [0.29, 0.717) is 31.7 Å². The van der Waals surface area contributed by atoms with Gasteiger partial charge >= 0.3 is 0 Å². The maximum Gasteiger partial charge on any atom is 0.227 e. The third-order valence-electron chi connectivity index (χ3n) is 8.50. The number of nitrogens with zero attached hydrogens (tertiary/aromatic N) is 2. The monoisotopic (exact) mass is 480 g/mol. The number of rotatable bonds is 7. The van der Waals surface area contributed by atoms with E-state index in [9.17, 15) is 9.59 Å². The zero-order valence-electron chi connectivity index (χ0n) is 21.4. The molecule has 0 N–H and O–H groups in total. The largest absolute Gasteiger partial charge is 0.372 e. The molecule has 186 valence electrons. The Morgan fingerprint density at radius 3 is 2.06 bits per heavy atom. The summed E-state index contributed by atoms with van der Waals surface area (Å²) in [5.74, 6) is 0.375. The van der Waals surface area contributed by atoms with Gasteiger partial charge in [-0.3, -0.25) is 9.59 Å². The average molecular weight is 481 g/mol. The zero-order chi connectivity index (χ0) is 25.1. The van der Waals surface area contributed by atoms with Crippen molar-refractivity contribution >= 4 is 17.4 Å². The van der Waals surface area contributed by atoms with E-state index in [1.165, 1.54) is 11.1 Å². The van der Waals surface area contributed by atoms with Crippen LogP contribution in [0.3, 0.4) is 0 Å². The molecule has 1 saturated carbocycles. The summed E-state index contributed by atoms with van der Waals surface area (Å²) < 4.78 is 0. The number of fused-ring (bicyclic) bond motifs is 1. The molecule has 2 unspecified atom stereocenters. The molecule has 1 aliphatic heterocycles. The Morgan fingerprint density at radius 2 is 1.44 bits per heavy atom. The zero-order valence-corrected chi connectivity index (χ0v) is 21.4. The lowest BCUT2D eigenvalue weighted by Crippen LogP contribution is -2.47. The second-order valence-corrected chi connectivity index (χ2v) is 10.2. The van der Waals surface area contributed by atoms with Gasteiger partial charge in [-0.15, -0.1) is 0 Å². The third kappa shape index (κ3) is 4.23. The van der Waals surface area contributed by atoms with Crippen LogP contribution in [0.2, 0.25) is 0 Å². The van der Waals surface area contributed by atoms with Crippen molar-refractivity contribution in [3.8, 4) is 0 Å². The van der Waals surface area contributed by atoms with E-state index in [0.717, 1.165) is 30.8 Å². The first-order valence-electron chi connectivity index (χ1n) is 13.3. The van der Waals surface area contributed by atoms with Crippen molar-refractivity contribution in [1.29, 1.82) is 0 Å². The van der Waals surface area contributed by atoms with Gasteiger partial charge in [-0.25, -0.2) is 0 Å². The van der Waals surface area contributed by atoms with Gasteiger partial charge in [0.05, 0.1) is 6.42 Å². The number of benzene rings is 3. The van der Waals surface area contributed by atoms with Crippen molar-refractivity contribution in [2.24, 2.45) is 11.8 Å². The van der Waals surface area contributed by atoms with Gasteiger partial charge in [-0.05, 0) is 43.0 Å². The number of anilines is 1. The molecule has 5 rings (SSSR count). The molecule has 0 bridgehead atoms. The first-order chi connectivity index (χ1) is 17.6. The van der Waals surface area contributed by atoms with Crippen LogP contribution in [-0.4, -0.2) is 42.8 Å². The quantitative estimate of drug-likeness (QED) is 0.448. The SMILES string of the molecule is CCN(CC)c1ccccc1CC(=O)N1CC2C(=O)CCC(c3ccccc3)(c3ccccc3)C2C1. The molecule has 2 aliphatic rings. The van der Waals surface area contributed by atoms with Gasteiger partial charge in [0.25, 0.3) is 0 Å². The Kier molecular flexibility index (Phi) is 6.95. The summed E-state index contributed by atoms with van der Waals surface area (Å²) in [6, 6.07) is 29.5. The van der Waals surface area contributed by atoms with E-state index in [4.69, 9.17) is 0 Å². The highest BCUT2D eigenvalue weighted by Gasteiger charge is 2.55.